The molecule has 1 aromatic carbocycles. The Morgan fingerprint density at radius 1 is 1.42 bits per heavy atom. The molecule has 2 aromatic rings. The van der Waals surface area contributed by atoms with Crippen LogP contribution in [0.2, 0.25) is 5.02 Å². The number of nitrogens with zero attached hydrogens (tertiary/aromatic N) is 2. The number of benzene rings is 1. The van der Waals surface area contributed by atoms with Crippen LogP contribution in [0, 0.1) is 5.41 Å². The number of imidazole rings is 1. The Kier molecular flexibility index (Phi) is 3.06. The average Bonchev–Trinajstić information content (AvgIpc) is 2.66. The highest BCUT2D eigenvalue weighted by Crippen LogP contribution is 2.40. The summed E-state index contributed by atoms with van der Waals surface area (Å²) in [5.74, 6) is 1.11. The second-order valence-electron chi connectivity index (χ2n) is 6.14. The molecule has 0 aliphatic carbocycles. The van der Waals surface area contributed by atoms with Gasteiger partial charge in [0.15, 0.2) is 0 Å². The highest BCUT2D eigenvalue weighted by molar-refractivity contribution is 6.31. The van der Waals surface area contributed by atoms with Crippen LogP contribution in [0.3, 0.4) is 0 Å². The molecular formula is C15H20ClN3. The summed E-state index contributed by atoms with van der Waals surface area (Å²) >= 11 is 6.08. The number of piperidine rings is 1. The van der Waals surface area contributed by atoms with Gasteiger partial charge < -0.3 is 9.88 Å². The predicted octanol–water partition coefficient (Wildman–Crippen LogP) is 3.68. The topological polar surface area (TPSA) is 29.9 Å². The molecule has 1 aliphatic heterocycles. The Balaban J connectivity index is 2.12. The molecule has 1 atom stereocenters. The quantitative estimate of drug-likeness (QED) is 0.862. The molecule has 1 N–H and O–H groups in total. The van der Waals surface area contributed by atoms with Gasteiger partial charge in [0.05, 0.1) is 17.1 Å². The molecule has 4 heteroatoms. The first kappa shape index (κ1) is 12.9. The zero-order chi connectivity index (χ0) is 13.6. The summed E-state index contributed by atoms with van der Waals surface area (Å²) in [6, 6.07) is 6.19. The molecule has 1 saturated heterocycles. The number of aromatic nitrogens is 2. The van der Waals surface area contributed by atoms with Crippen molar-refractivity contribution in [1.82, 2.24) is 14.9 Å². The first-order valence-electron chi connectivity index (χ1n) is 6.84. The summed E-state index contributed by atoms with van der Waals surface area (Å²) in [5, 5.41) is 4.39. The molecule has 3 nitrogen and oxygen atoms in total. The van der Waals surface area contributed by atoms with Gasteiger partial charge in [0.1, 0.15) is 5.82 Å². The lowest BCUT2D eigenvalue weighted by atomic mass is 9.77. The molecule has 0 bridgehead atoms. The van der Waals surface area contributed by atoms with Gasteiger partial charge in [0.2, 0.25) is 0 Å². The van der Waals surface area contributed by atoms with Gasteiger partial charge in [-0.05, 0) is 43.0 Å². The van der Waals surface area contributed by atoms with Crippen molar-refractivity contribution in [2.24, 2.45) is 12.5 Å². The number of halogens is 1. The first-order valence-corrected chi connectivity index (χ1v) is 7.22. The van der Waals surface area contributed by atoms with Gasteiger partial charge in [0, 0.05) is 12.1 Å². The third kappa shape index (κ3) is 2.15. The van der Waals surface area contributed by atoms with E-state index >= 15 is 0 Å². The summed E-state index contributed by atoms with van der Waals surface area (Å²) in [6.45, 7) is 5.70. The maximum Gasteiger partial charge on any atom is 0.127 e. The summed E-state index contributed by atoms with van der Waals surface area (Å²) in [4.78, 5) is 4.81. The van der Waals surface area contributed by atoms with E-state index in [0.717, 1.165) is 28.4 Å². The standard InChI is InChI=1S/C15H20ClN3/c1-15(2)7-4-8-17-13(15)14-18-11-6-5-10(16)9-12(11)19(14)3/h5-6,9,13,17H,4,7-8H2,1-3H3. The van der Waals surface area contributed by atoms with E-state index in [-0.39, 0.29) is 5.41 Å². The number of nitrogens with one attached hydrogen (secondary N) is 1. The zero-order valence-electron chi connectivity index (χ0n) is 11.7. The molecule has 0 saturated carbocycles. The minimum absolute atomic E-state index is 0.233. The molecule has 0 spiro atoms. The van der Waals surface area contributed by atoms with Crippen molar-refractivity contribution in [3.8, 4) is 0 Å². The van der Waals surface area contributed by atoms with Gasteiger partial charge in [-0.1, -0.05) is 25.4 Å². The van der Waals surface area contributed by atoms with Crippen LogP contribution in [0.1, 0.15) is 38.6 Å². The minimum atomic E-state index is 0.233. The second kappa shape index (κ2) is 4.50. The van der Waals surface area contributed by atoms with Gasteiger partial charge in [-0.25, -0.2) is 4.98 Å². The second-order valence-corrected chi connectivity index (χ2v) is 6.58. The predicted molar refractivity (Wildman–Crippen MR) is 79.5 cm³/mol. The molecule has 19 heavy (non-hydrogen) atoms. The third-order valence-electron chi connectivity index (χ3n) is 4.26. The molecule has 0 amide bonds. The molecule has 1 unspecified atom stereocenters. The fourth-order valence-electron chi connectivity index (χ4n) is 3.09. The Labute approximate surface area is 119 Å². The van der Waals surface area contributed by atoms with Crippen molar-refractivity contribution < 1.29 is 0 Å². The highest BCUT2D eigenvalue weighted by atomic mass is 35.5. The van der Waals surface area contributed by atoms with Crippen molar-refractivity contribution in [3.63, 3.8) is 0 Å². The number of rotatable bonds is 1. The molecule has 102 valence electrons. The van der Waals surface area contributed by atoms with Crippen LogP contribution in [0.25, 0.3) is 11.0 Å². The Hall–Kier alpha value is -1.06. The smallest absolute Gasteiger partial charge is 0.127 e. The van der Waals surface area contributed by atoms with Gasteiger partial charge in [-0.15, -0.1) is 0 Å². The minimum Gasteiger partial charge on any atom is -0.330 e. The third-order valence-corrected chi connectivity index (χ3v) is 4.50. The monoisotopic (exact) mass is 277 g/mol. The van der Waals surface area contributed by atoms with Gasteiger partial charge >= 0.3 is 0 Å². The average molecular weight is 278 g/mol. The van der Waals surface area contributed by atoms with Gasteiger partial charge in [-0.2, -0.15) is 0 Å². The van der Waals surface area contributed by atoms with Crippen LogP contribution in [0.15, 0.2) is 18.2 Å². The van der Waals surface area contributed by atoms with Crippen LogP contribution in [-0.4, -0.2) is 16.1 Å². The lowest BCUT2D eigenvalue weighted by molar-refractivity contribution is 0.172. The largest absolute Gasteiger partial charge is 0.330 e. The van der Waals surface area contributed by atoms with Crippen LogP contribution >= 0.6 is 11.6 Å². The van der Waals surface area contributed by atoms with Gasteiger partial charge in [-0.3, -0.25) is 0 Å². The Morgan fingerprint density at radius 2 is 2.21 bits per heavy atom. The van der Waals surface area contributed by atoms with E-state index in [4.69, 9.17) is 16.6 Å². The maximum absolute atomic E-state index is 6.08. The van der Waals surface area contributed by atoms with E-state index in [0.29, 0.717) is 6.04 Å². The Bertz CT molecular complexity index is 615. The van der Waals surface area contributed by atoms with Crippen LogP contribution in [-0.2, 0) is 7.05 Å². The van der Waals surface area contributed by atoms with E-state index in [1.807, 2.05) is 18.2 Å². The fraction of sp³-hybridized carbons (Fsp3) is 0.533. The maximum atomic E-state index is 6.08. The summed E-state index contributed by atoms with van der Waals surface area (Å²) < 4.78 is 2.17. The van der Waals surface area contributed by atoms with E-state index in [9.17, 15) is 0 Å². The fourth-order valence-corrected chi connectivity index (χ4v) is 3.26. The molecule has 2 heterocycles. The van der Waals surface area contributed by atoms with Crippen LogP contribution in [0.4, 0.5) is 0 Å². The lowest BCUT2D eigenvalue weighted by Crippen LogP contribution is -2.41. The van der Waals surface area contributed by atoms with Crippen molar-refractivity contribution in [2.45, 2.75) is 32.7 Å². The van der Waals surface area contributed by atoms with Crippen LogP contribution < -0.4 is 5.32 Å². The summed E-state index contributed by atoms with van der Waals surface area (Å²) in [7, 11) is 2.08. The van der Waals surface area contributed by atoms with Crippen LogP contribution in [0.5, 0.6) is 0 Å². The van der Waals surface area contributed by atoms with E-state index in [2.05, 4.69) is 30.8 Å². The van der Waals surface area contributed by atoms with Gasteiger partial charge in [0.25, 0.3) is 0 Å². The van der Waals surface area contributed by atoms with Crippen molar-refractivity contribution in [2.75, 3.05) is 6.54 Å². The highest BCUT2D eigenvalue weighted by Gasteiger charge is 2.36. The molecule has 1 aliphatic rings. The lowest BCUT2D eigenvalue weighted by Gasteiger charge is -2.38. The molecule has 1 aromatic heterocycles. The van der Waals surface area contributed by atoms with E-state index in [1.54, 1.807) is 0 Å². The van der Waals surface area contributed by atoms with Crippen molar-refractivity contribution in [1.29, 1.82) is 0 Å². The molecule has 0 radical (unpaired) electrons. The van der Waals surface area contributed by atoms with Crippen molar-refractivity contribution >= 4 is 22.6 Å². The number of hydrogen-bond acceptors (Lipinski definition) is 2. The summed E-state index contributed by atoms with van der Waals surface area (Å²) in [5.41, 5.74) is 2.35. The Morgan fingerprint density at radius 3 is 2.95 bits per heavy atom. The number of hydrogen-bond donors (Lipinski definition) is 1. The number of fused-ring (bicyclic) bond motifs is 1. The first-order chi connectivity index (χ1) is 8.99. The number of aryl methyl sites for hydroxylation is 1. The molecular weight excluding hydrogens is 258 g/mol. The normalized spacial score (nSPS) is 22.8. The molecule has 3 rings (SSSR count). The SMILES string of the molecule is Cn1c(C2NCCCC2(C)C)nc2ccc(Cl)cc21. The van der Waals surface area contributed by atoms with Crippen molar-refractivity contribution in [3.05, 3.63) is 29.0 Å². The van der Waals surface area contributed by atoms with E-state index in [1.165, 1.54) is 12.8 Å². The zero-order valence-corrected chi connectivity index (χ0v) is 12.5. The summed E-state index contributed by atoms with van der Waals surface area (Å²) in [6.07, 6.45) is 2.47. The van der Waals surface area contributed by atoms with E-state index < -0.39 is 0 Å². The molecule has 1 fully saturated rings.